The molecule has 4 aromatic rings. The number of hydrogen-bond acceptors (Lipinski definition) is 6. The van der Waals surface area contributed by atoms with Gasteiger partial charge in [-0.2, -0.15) is 27.9 Å². The minimum Gasteiger partial charge on any atom is -0.261 e. The predicted molar refractivity (Wildman–Crippen MR) is 98.0 cm³/mol. The normalized spacial score (nSPS) is 15.1. The number of nitrogens with zero attached hydrogens (tertiary/aromatic N) is 6. The van der Waals surface area contributed by atoms with Gasteiger partial charge < -0.3 is 0 Å². The molecular formula is C15H10BrF3N6S2. The van der Waals surface area contributed by atoms with Crippen molar-refractivity contribution in [2.45, 2.75) is 31.5 Å². The van der Waals surface area contributed by atoms with Crippen LogP contribution in [-0.2, 0) is 12.7 Å². The summed E-state index contributed by atoms with van der Waals surface area (Å²) in [7, 11) is 0. The van der Waals surface area contributed by atoms with Crippen LogP contribution in [-0.4, -0.2) is 29.6 Å². The quantitative estimate of drug-likeness (QED) is 0.425. The van der Waals surface area contributed by atoms with E-state index in [1.54, 1.807) is 4.52 Å². The zero-order valence-electron chi connectivity index (χ0n) is 13.4. The fourth-order valence-electron chi connectivity index (χ4n) is 2.91. The molecule has 0 unspecified atom stereocenters. The number of fused-ring (bicyclic) bond motifs is 1. The van der Waals surface area contributed by atoms with Crippen LogP contribution in [0.1, 0.15) is 35.2 Å². The molecular weight excluding hydrogens is 465 g/mol. The lowest BCUT2D eigenvalue weighted by atomic mass is 10.2. The van der Waals surface area contributed by atoms with Gasteiger partial charge in [0.25, 0.3) is 0 Å². The van der Waals surface area contributed by atoms with Crippen molar-refractivity contribution in [1.29, 1.82) is 0 Å². The smallest absolute Gasteiger partial charge is 0.261 e. The molecule has 12 heteroatoms. The highest BCUT2D eigenvalue weighted by atomic mass is 79.9. The summed E-state index contributed by atoms with van der Waals surface area (Å²) in [5.41, 5.74) is -0.293. The summed E-state index contributed by atoms with van der Waals surface area (Å²) in [4.78, 5) is 1.53. The Morgan fingerprint density at radius 1 is 1.22 bits per heavy atom. The molecule has 1 saturated carbocycles. The second-order valence-corrected chi connectivity index (χ2v) is 8.95. The van der Waals surface area contributed by atoms with Crippen LogP contribution < -0.4 is 0 Å². The van der Waals surface area contributed by atoms with Crippen molar-refractivity contribution in [2.24, 2.45) is 0 Å². The second-order valence-electron chi connectivity index (χ2n) is 6.17. The summed E-state index contributed by atoms with van der Waals surface area (Å²) < 4.78 is 42.8. The molecule has 0 radical (unpaired) electrons. The highest BCUT2D eigenvalue weighted by Gasteiger charge is 2.41. The van der Waals surface area contributed by atoms with Gasteiger partial charge in [-0.05, 0) is 40.2 Å². The van der Waals surface area contributed by atoms with E-state index < -0.39 is 11.9 Å². The Hall–Kier alpha value is -1.79. The third kappa shape index (κ3) is 2.99. The lowest BCUT2D eigenvalue weighted by molar-refractivity contribution is -0.142. The fourth-order valence-corrected chi connectivity index (χ4v) is 5.25. The summed E-state index contributed by atoms with van der Waals surface area (Å²) in [6, 6.07) is 3.84. The lowest BCUT2D eigenvalue weighted by Gasteiger charge is -2.04. The molecule has 4 aromatic heterocycles. The summed E-state index contributed by atoms with van der Waals surface area (Å²) in [5.74, 6) is 0.734. The van der Waals surface area contributed by atoms with Gasteiger partial charge in [0.1, 0.15) is 5.01 Å². The Balaban J connectivity index is 1.54. The molecule has 27 heavy (non-hydrogen) atoms. The van der Waals surface area contributed by atoms with Gasteiger partial charge >= 0.3 is 6.18 Å². The van der Waals surface area contributed by atoms with Crippen LogP contribution in [0.3, 0.4) is 0 Å². The minimum absolute atomic E-state index is 0.0415. The van der Waals surface area contributed by atoms with Gasteiger partial charge in [0, 0.05) is 5.92 Å². The molecule has 1 fully saturated rings. The molecule has 0 spiro atoms. The maximum Gasteiger partial charge on any atom is 0.436 e. The van der Waals surface area contributed by atoms with E-state index in [4.69, 9.17) is 0 Å². The number of hydrogen-bond donors (Lipinski definition) is 0. The van der Waals surface area contributed by atoms with Crippen LogP contribution in [0.5, 0.6) is 0 Å². The van der Waals surface area contributed by atoms with Crippen molar-refractivity contribution in [1.82, 2.24) is 29.6 Å². The van der Waals surface area contributed by atoms with Crippen LogP contribution in [0.4, 0.5) is 13.2 Å². The molecule has 0 aliphatic heterocycles. The molecule has 0 aromatic carbocycles. The van der Waals surface area contributed by atoms with Crippen LogP contribution in [0.2, 0.25) is 0 Å². The van der Waals surface area contributed by atoms with Crippen LogP contribution >= 0.6 is 38.6 Å². The van der Waals surface area contributed by atoms with E-state index in [9.17, 15) is 13.2 Å². The Kier molecular flexibility index (Phi) is 3.92. The molecule has 0 N–H and O–H groups in total. The largest absolute Gasteiger partial charge is 0.436 e. The van der Waals surface area contributed by atoms with E-state index in [0.29, 0.717) is 21.5 Å². The van der Waals surface area contributed by atoms with Crippen molar-refractivity contribution in [2.75, 3.05) is 0 Å². The van der Waals surface area contributed by atoms with E-state index in [0.717, 1.165) is 17.7 Å². The van der Waals surface area contributed by atoms with Crippen LogP contribution in [0.15, 0.2) is 22.0 Å². The summed E-state index contributed by atoms with van der Waals surface area (Å²) in [6.45, 7) is 0.165. The van der Waals surface area contributed by atoms with Crippen molar-refractivity contribution in [3.8, 4) is 10.7 Å². The first kappa shape index (κ1) is 17.3. The van der Waals surface area contributed by atoms with E-state index in [2.05, 4.69) is 36.3 Å². The fraction of sp³-hybridized carbons (Fsp3) is 0.333. The first-order chi connectivity index (χ1) is 12.9. The van der Waals surface area contributed by atoms with Crippen molar-refractivity contribution < 1.29 is 13.2 Å². The first-order valence-electron chi connectivity index (χ1n) is 8.00. The third-order valence-corrected chi connectivity index (χ3v) is 6.75. The van der Waals surface area contributed by atoms with E-state index >= 15 is 0 Å². The summed E-state index contributed by atoms with van der Waals surface area (Å²) in [5, 5.41) is 19.2. The Labute approximate surface area is 166 Å². The highest BCUT2D eigenvalue weighted by molar-refractivity contribution is 9.10. The van der Waals surface area contributed by atoms with Crippen molar-refractivity contribution in [3.05, 3.63) is 38.4 Å². The van der Waals surface area contributed by atoms with Gasteiger partial charge in [0.15, 0.2) is 11.5 Å². The van der Waals surface area contributed by atoms with Crippen LogP contribution in [0, 0.1) is 0 Å². The Bertz CT molecular complexity index is 1120. The van der Waals surface area contributed by atoms with Gasteiger partial charge in [0.05, 0.1) is 21.6 Å². The Morgan fingerprint density at radius 2 is 2.04 bits per heavy atom. The van der Waals surface area contributed by atoms with Gasteiger partial charge in [0.2, 0.25) is 4.96 Å². The summed E-state index contributed by atoms with van der Waals surface area (Å²) in [6.07, 6.45) is -2.76. The predicted octanol–water partition coefficient (Wildman–Crippen LogP) is 4.82. The van der Waals surface area contributed by atoms with Crippen molar-refractivity contribution in [3.63, 3.8) is 0 Å². The number of thiophene rings is 1. The maximum atomic E-state index is 13.3. The molecule has 140 valence electrons. The molecule has 0 amide bonds. The number of aromatic nitrogens is 6. The molecule has 1 aliphatic carbocycles. The van der Waals surface area contributed by atoms with E-state index in [1.165, 1.54) is 27.4 Å². The average molecular weight is 475 g/mol. The molecule has 1 aliphatic rings. The first-order valence-corrected chi connectivity index (χ1v) is 10.5. The molecule has 6 nitrogen and oxygen atoms in total. The SMILES string of the molecule is FC(F)(F)c1nn(Cc2nn3c(-c4cccs4)nnc3s2)c(C2CC2)c1Br. The van der Waals surface area contributed by atoms with Gasteiger partial charge in [-0.1, -0.05) is 17.4 Å². The molecule has 0 bridgehead atoms. The zero-order valence-corrected chi connectivity index (χ0v) is 16.7. The lowest BCUT2D eigenvalue weighted by Crippen LogP contribution is -2.10. The number of halogens is 4. The second kappa shape index (κ2) is 6.11. The van der Waals surface area contributed by atoms with Gasteiger partial charge in [-0.25, -0.2) is 0 Å². The zero-order chi connectivity index (χ0) is 18.8. The van der Waals surface area contributed by atoms with E-state index in [1.807, 2.05) is 17.5 Å². The number of alkyl halides is 3. The summed E-state index contributed by atoms with van der Waals surface area (Å²) >= 11 is 5.93. The van der Waals surface area contributed by atoms with Crippen LogP contribution in [0.25, 0.3) is 15.7 Å². The number of rotatable bonds is 4. The molecule has 5 rings (SSSR count). The van der Waals surface area contributed by atoms with E-state index in [-0.39, 0.29) is 16.9 Å². The monoisotopic (exact) mass is 474 g/mol. The van der Waals surface area contributed by atoms with Gasteiger partial charge in [-0.15, -0.1) is 21.5 Å². The third-order valence-electron chi connectivity index (χ3n) is 4.22. The average Bonchev–Trinajstić information content (AvgIpc) is 2.98. The topological polar surface area (TPSA) is 60.9 Å². The Morgan fingerprint density at radius 3 is 2.70 bits per heavy atom. The highest BCUT2D eigenvalue weighted by Crippen LogP contribution is 2.47. The molecule has 0 saturated heterocycles. The van der Waals surface area contributed by atoms with Gasteiger partial charge in [-0.3, -0.25) is 4.68 Å². The minimum atomic E-state index is -4.50. The molecule has 4 heterocycles. The molecule has 0 atom stereocenters. The standard InChI is InChI=1S/C15H10BrF3N6S2/c16-10-11(7-3-4-7)24(23-12(10)15(17,18)19)6-9-22-25-13(8-2-1-5-26-8)20-21-14(25)27-9/h1-2,5,7H,3-4,6H2. The van der Waals surface area contributed by atoms with Crippen molar-refractivity contribution >= 4 is 43.6 Å². The maximum absolute atomic E-state index is 13.3.